The van der Waals surface area contributed by atoms with Gasteiger partial charge >= 0.3 is 0 Å². The van der Waals surface area contributed by atoms with E-state index in [0.29, 0.717) is 6.04 Å². The van der Waals surface area contributed by atoms with Crippen LogP contribution in [-0.4, -0.2) is 14.5 Å². The maximum atomic E-state index is 4.40. The summed E-state index contributed by atoms with van der Waals surface area (Å²) in [5, 5.41) is 1.13. The first-order valence-corrected chi connectivity index (χ1v) is 6.26. The van der Waals surface area contributed by atoms with E-state index in [2.05, 4.69) is 53.3 Å². The van der Waals surface area contributed by atoms with E-state index in [1.807, 2.05) is 13.0 Å². The average Bonchev–Trinajstić information content (AvgIpc) is 2.81. The van der Waals surface area contributed by atoms with E-state index < -0.39 is 0 Å². The van der Waals surface area contributed by atoms with Gasteiger partial charge in [0, 0.05) is 11.6 Å². The van der Waals surface area contributed by atoms with Crippen LogP contribution >= 0.6 is 0 Å². The Morgan fingerprint density at radius 3 is 2.94 bits per heavy atom. The van der Waals surface area contributed by atoms with E-state index in [9.17, 15) is 0 Å². The Morgan fingerprint density at radius 2 is 2.28 bits per heavy atom. The van der Waals surface area contributed by atoms with Crippen molar-refractivity contribution >= 4 is 11.0 Å². The third-order valence-corrected chi connectivity index (χ3v) is 3.26. The summed E-state index contributed by atoms with van der Waals surface area (Å²) in [7, 11) is 0. The summed E-state index contributed by atoms with van der Waals surface area (Å²) in [5.41, 5.74) is 3.22. The lowest BCUT2D eigenvalue weighted by atomic mass is 10.1. The third kappa shape index (κ3) is 2.21. The lowest BCUT2D eigenvalue weighted by molar-refractivity contribution is 0.598. The van der Waals surface area contributed by atoms with E-state index in [-0.39, 0.29) is 0 Å². The van der Waals surface area contributed by atoms with E-state index in [4.69, 9.17) is 0 Å². The molecule has 1 unspecified atom stereocenters. The second-order valence-electron chi connectivity index (χ2n) is 4.51. The molecule has 0 radical (unpaired) electrons. The van der Waals surface area contributed by atoms with Crippen LogP contribution in [0.2, 0.25) is 0 Å². The van der Waals surface area contributed by atoms with Crippen molar-refractivity contribution in [1.29, 1.82) is 0 Å². The van der Waals surface area contributed by atoms with Crippen molar-refractivity contribution in [3.63, 3.8) is 0 Å². The Hall–Kier alpha value is -1.90. The molecular formula is C15H19N3. The van der Waals surface area contributed by atoms with Gasteiger partial charge in [-0.1, -0.05) is 31.2 Å². The minimum Gasteiger partial charge on any atom is -0.326 e. The summed E-state index contributed by atoms with van der Waals surface area (Å²) in [5.74, 6) is 0. The van der Waals surface area contributed by atoms with Gasteiger partial charge in [-0.05, 0) is 26.3 Å². The van der Waals surface area contributed by atoms with Crippen LogP contribution in [0.5, 0.6) is 0 Å². The number of allylic oxidation sites excluding steroid dienone is 3. The first kappa shape index (κ1) is 12.6. The normalized spacial score (nSPS) is 13.8. The topological polar surface area (TPSA) is 30.7 Å². The van der Waals surface area contributed by atoms with Gasteiger partial charge in [0.05, 0.1) is 11.7 Å². The van der Waals surface area contributed by atoms with E-state index in [0.717, 1.165) is 23.1 Å². The van der Waals surface area contributed by atoms with Gasteiger partial charge in [0.25, 0.3) is 0 Å². The Bertz CT molecular complexity index is 593. The number of aryl methyl sites for hydroxylation is 1. The van der Waals surface area contributed by atoms with Crippen LogP contribution in [0.15, 0.2) is 42.9 Å². The second-order valence-corrected chi connectivity index (χ2v) is 4.51. The van der Waals surface area contributed by atoms with Crippen LogP contribution in [0, 0.1) is 6.92 Å². The van der Waals surface area contributed by atoms with E-state index >= 15 is 0 Å². The molecule has 0 aliphatic carbocycles. The van der Waals surface area contributed by atoms with Crippen LogP contribution in [0.1, 0.15) is 32.0 Å². The Morgan fingerprint density at radius 1 is 1.50 bits per heavy atom. The van der Waals surface area contributed by atoms with Crippen LogP contribution in [-0.2, 0) is 0 Å². The Kier molecular flexibility index (Phi) is 3.60. The average molecular weight is 241 g/mol. The van der Waals surface area contributed by atoms with Gasteiger partial charge in [-0.3, -0.25) is 0 Å². The molecule has 18 heavy (non-hydrogen) atoms. The minimum absolute atomic E-state index is 0.315. The Balaban J connectivity index is 2.53. The predicted octanol–water partition coefficient (Wildman–Crippen LogP) is 3.82. The molecule has 0 aromatic carbocycles. The third-order valence-electron chi connectivity index (χ3n) is 3.26. The molecule has 0 spiro atoms. The smallest absolute Gasteiger partial charge is 0.144 e. The zero-order valence-electron chi connectivity index (χ0n) is 11.2. The molecule has 0 saturated carbocycles. The fraction of sp³-hybridized carbons (Fsp3) is 0.333. The highest BCUT2D eigenvalue weighted by Gasteiger charge is 2.11. The lowest BCUT2D eigenvalue weighted by Gasteiger charge is -2.14. The number of hydrogen-bond acceptors (Lipinski definition) is 2. The highest BCUT2D eigenvalue weighted by Crippen LogP contribution is 2.23. The molecule has 94 valence electrons. The monoisotopic (exact) mass is 241 g/mol. The summed E-state index contributed by atoms with van der Waals surface area (Å²) in [6, 6.07) is 2.40. The van der Waals surface area contributed by atoms with Crippen LogP contribution in [0.4, 0.5) is 0 Å². The summed E-state index contributed by atoms with van der Waals surface area (Å²) >= 11 is 0. The number of aromatic nitrogens is 3. The van der Waals surface area contributed by atoms with Crippen molar-refractivity contribution < 1.29 is 0 Å². The molecule has 2 aromatic rings. The van der Waals surface area contributed by atoms with Crippen LogP contribution in [0.25, 0.3) is 11.0 Å². The fourth-order valence-electron chi connectivity index (χ4n) is 2.13. The zero-order chi connectivity index (χ0) is 13.1. The molecule has 0 aliphatic heterocycles. The maximum Gasteiger partial charge on any atom is 0.144 e. The zero-order valence-corrected chi connectivity index (χ0v) is 11.2. The molecule has 0 N–H and O–H groups in total. The number of rotatable bonds is 4. The van der Waals surface area contributed by atoms with Crippen LogP contribution < -0.4 is 0 Å². The van der Waals surface area contributed by atoms with Gasteiger partial charge in [-0.2, -0.15) is 0 Å². The summed E-state index contributed by atoms with van der Waals surface area (Å²) in [6.07, 6.45) is 8.86. The van der Waals surface area contributed by atoms with Crippen molar-refractivity contribution in [3.05, 3.63) is 48.6 Å². The van der Waals surface area contributed by atoms with Crippen LogP contribution in [0.3, 0.4) is 0 Å². The molecule has 2 heterocycles. The quantitative estimate of drug-likeness (QED) is 0.762. The Labute approximate surface area is 108 Å². The standard InChI is InChI=1S/C15H19N3/c1-5-11(3)9-13(6-2)18-8-7-14-12(4)16-10-17-15(14)18/h5,7-10,13H,1,6H2,2-4H3/b11-9+. The molecule has 0 amide bonds. The van der Waals surface area contributed by atoms with Gasteiger partial charge in [0.1, 0.15) is 12.0 Å². The van der Waals surface area contributed by atoms with Gasteiger partial charge in [-0.15, -0.1) is 0 Å². The van der Waals surface area contributed by atoms with Crippen molar-refractivity contribution in [2.75, 3.05) is 0 Å². The van der Waals surface area contributed by atoms with Gasteiger partial charge < -0.3 is 4.57 Å². The van der Waals surface area contributed by atoms with E-state index in [1.165, 1.54) is 5.57 Å². The number of nitrogens with zero attached hydrogens (tertiary/aromatic N) is 3. The largest absolute Gasteiger partial charge is 0.326 e. The number of hydrogen-bond donors (Lipinski definition) is 0. The van der Waals surface area contributed by atoms with Crippen molar-refractivity contribution in [2.45, 2.75) is 33.2 Å². The summed E-state index contributed by atoms with van der Waals surface area (Å²) < 4.78 is 2.21. The summed E-state index contributed by atoms with van der Waals surface area (Å²) in [4.78, 5) is 8.63. The van der Waals surface area contributed by atoms with Gasteiger partial charge in [-0.25, -0.2) is 9.97 Å². The summed E-state index contributed by atoms with van der Waals surface area (Å²) in [6.45, 7) is 10.1. The molecular weight excluding hydrogens is 222 g/mol. The van der Waals surface area contributed by atoms with Gasteiger partial charge in [0.2, 0.25) is 0 Å². The SMILES string of the molecule is C=C/C(C)=C/C(CC)n1ccc2c(C)ncnc21. The molecule has 3 nitrogen and oxygen atoms in total. The minimum atomic E-state index is 0.315. The molecule has 3 heteroatoms. The first-order valence-electron chi connectivity index (χ1n) is 6.26. The highest BCUT2D eigenvalue weighted by molar-refractivity contribution is 5.78. The van der Waals surface area contributed by atoms with Gasteiger partial charge in [0.15, 0.2) is 0 Å². The molecule has 2 aromatic heterocycles. The fourth-order valence-corrected chi connectivity index (χ4v) is 2.13. The highest BCUT2D eigenvalue weighted by atomic mass is 15.1. The molecule has 0 fully saturated rings. The second kappa shape index (κ2) is 5.17. The molecule has 1 atom stereocenters. The van der Waals surface area contributed by atoms with Crippen molar-refractivity contribution in [1.82, 2.24) is 14.5 Å². The molecule has 0 bridgehead atoms. The van der Waals surface area contributed by atoms with E-state index in [1.54, 1.807) is 6.33 Å². The maximum absolute atomic E-state index is 4.40. The van der Waals surface area contributed by atoms with Crippen molar-refractivity contribution in [3.8, 4) is 0 Å². The first-order chi connectivity index (χ1) is 8.67. The molecule has 0 aliphatic rings. The predicted molar refractivity (Wildman–Crippen MR) is 75.5 cm³/mol. The molecule has 2 rings (SSSR count). The number of fused-ring (bicyclic) bond motifs is 1. The van der Waals surface area contributed by atoms with Crippen molar-refractivity contribution in [2.24, 2.45) is 0 Å². The lowest BCUT2D eigenvalue weighted by Crippen LogP contribution is -2.05. The molecule has 0 saturated heterocycles.